The quantitative estimate of drug-likeness (QED) is 0.612. The van der Waals surface area contributed by atoms with E-state index in [9.17, 15) is 0 Å². The van der Waals surface area contributed by atoms with Crippen LogP contribution < -0.4 is 10.2 Å². The first-order valence-corrected chi connectivity index (χ1v) is 11.3. The minimum absolute atomic E-state index is 0.499. The summed E-state index contributed by atoms with van der Waals surface area (Å²) in [4.78, 5) is 4.80. The summed E-state index contributed by atoms with van der Waals surface area (Å²) < 4.78 is 0. The van der Waals surface area contributed by atoms with E-state index in [0.717, 1.165) is 30.2 Å². The second kappa shape index (κ2) is 9.09. The first-order chi connectivity index (χ1) is 14.6. The summed E-state index contributed by atoms with van der Waals surface area (Å²) in [7, 11) is 2.13. The van der Waals surface area contributed by atoms with Crippen molar-refractivity contribution in [2.45, 2.75) is 38.1 Å². The van der Waals surface area contributed by atoms with Gasteiger partial charge in [-0.05, 0) is 55.8 Å². The molecule has 0 amide bonds. The summed E-state index contributed by atoms with van der Waals surface area (Å²) in [6.07, 6.45) is 16.4. The Kier molecular flexibility index (Phi) is 6.29. The van der Waals surface area contributed by atoms with Crippen molar-refractivity contribution in [2.75, 3.05) is 31.6 Å². The van der Waals surface area contributed by atoms with Gasteiger partial charge in [0.15, 0.2) is 0 Å². The van der Waals surface area contributed by atoms with Crippen LogP contribution >= 0.6 is 0 Å². The maximum absolute atomic E-state index is 4.41. The van der Waals surface area contributed by atoms with Gasteiger partial charge in [0.2, 0.25) is 0 Å². The molecule has 0 radical (unpaired) electrons. The average molecular weight is 402 g/mol. The molecule has 3 fully saturated rings. The number of hydrogen-bond acceptors (Lipinski definition) is 3. The van der Waals surface area contributed by atoms with Gasteiger partial charge in [0, 0.05) is 48.4 Å². The van der Waals surface area contributed by atoms with Crippen molar-refractivity contribution in [3.8, 4) is 0 Å². The fourth-order valence-electron chi connectivity index (χ4n) is 5.11. The average Bonchev–Trinajstić information content (AvgIpc) is 2.77. The Hall–Kier alpha value is -2.52. The fraction of sp³-hybridized carbons (Fsp3) is 0.407. The molecular formula is C27H35N3. The van der Waals surface area contributed by atoms with E-state index in [2.05, 4.69) is 84.9 Å². The Balaban J connectivity index is 1.57. The molecule has 5 rings (SSSR count). The Bertz CT molecular complexity index is 883. The fourth-order valence-corrected chi connectivity index (χ4v) is 5.11. The van der Waals surface area contributed by atoms with Crippen LogP contribution in [0.25, 0.3) is 6.08 Å². The lowest BCUT2D eigenvalue weighted by molar-refractivity contribution is 0.0777. The largest absolute Gasteiger partial charge is 0.381 e. The van der Waals surface area contributed by atoms with Gasteiger partial charge < -0.3 is 15.1 Å². The number of fused-ring (bicyclic) bond motifs is 4. The first-order valence-electron chi connectivity index (χ1n) is 11.3. The van der Waals surface area contributed by atoms with Crippen molar-refractivity contribution in [1.82, 2.24) is 10.2 Å². The molecule has 0 saturated carbocycles. The van der Waals surface area contributed by atoms with Gasteiger partial charge in [-0.25, -0.2) is 0 Å². The molecule has 3 nitrogen and oxygen atoms in total. The van der Waals surface area contributed by atoms with Gasteiger partial charge in [0.25, 0.3) is 0 Å². The highest BCUT2D eigenvalue weighted by molar-refractivity contribution is 5.73. The zero-order valence-electron chi connectivity index (χ0n) is 18.5. The molecule has 1 N–H and O–H groups in total. The van der Waals surface area contributed by atoms with Crippen LogP contribution in [0.5, 0.6) is 0 Å². The van der Waals surface area contributed by atoms with E-state index in [1.807, 2.05) is 12.2 Å². The molecule has 2 bridgehead atoms. The van der Waals surface area contributed by atoms with Crippen LogP contribution in [-0.2, 0) is 0 Å². The monoisotopic (exact) mass is 401 g/mol. The lowest BCUT2D eigenvalue weighted by Crippen LogP contribution is -2.55. The van der Waals surface area contributed by atoms with Gasteiger partial charge in [0.1, 0.15) is 0 Å². The van der Waals surface area contributed by atoms with Crippen LogP contribution in [0.1, 0.15) is 43.2 Å². The molecule has 0 spiro atoms. The minimum atomic E-state index is 0.499. The lowest BCUT2D eigenvalue weighted by Gasteiger charge is -2.45. The van der Waals surface area contributed by atoms with Crippen LogP contribution in [0.2, 0.25) is 0 Å². The molecule has 3 heteroatoms. The van der Waals surface area contributed by atoms with Crippen molar-refractivity contribution in [3.63, 3.8) is 0 Å². The molecule has 1 aliphatic carbocycles. The zero-order chi connectivity index (χ0) is 21.1. The normalized spacial score (nSPS) is 27.7. The first kappa shape index (κ1) is 20.7. The predicted molar refractivity (Wildman–Crippen MR) is 130 cm³/mol. The van der Waals surface area contributed by atoms with E-state index in [1.165, 1.54) is 42.7 Å². The molecular weight excluding hydrogens is 366 g/mol. The van der Waals surface area contributed by atoms with E-state index in [4.69, 9.17) is 0 Å². The van der Waals surface area contributed by atoms with Crippen molar-refractivity contribution < 1.29 is 0 Å². The topological polar surface area (TPSA) is 18.5 Å². The van der Waals surface area contributed by atoms with E-state index in [0.29, 0.717) is 12.0 Å². The molecule has 0 aromatic heterocycles. The summed E-state index contributed by atoms with van der Waals surface area (Å²) in [5.74, 6) is 1.33. The Labute approximate surface area is 182 Å². The van der Waals surface area contributed by atoms with E-state index < -0.39 is 0 Å². The highest BCUT2D eigenvalue weighted by atomic mass is 15.2. The second-order valence-corrected chi connectivity index (χ2v) is 8.98. The predicted octanol–water partition coefficient (Wildman–Crippen LogP) is 5.47. The van der Waals surface area contributed by atoms with Crippen molar-refractivity contribution in [2.24, 2.45) is 5.92 Å². The molecule has 3 saturated heterocycles. The van der Waals surface area contributed by atoms with Crippen LogP contribution in [0.3, 0.4) is 0 Å². The van der Waals surface area contributed by atoms with Crippen LogP contribution in [-0.4, -0.2) is 37.6 Å². The number of nitrogens with zero attached hydrogens (tertiary/aromatic N) is 2. The number of anilines is 1. The third-order valence-electron chi connectivity index (χ3n) is 6.91. The second-order valence-electron chi connectivity index (χ2n) is 8.98. The third-order valence-corrected chi connectivity index (χ3v) is 6.91. The zero-order valence-corrected chi connectivity index (χ0v) is 18.5. The highest BCUT2D eigenvalue weighted by Crippen LogP contribution is 2.35. The molecule has 158 valence electrons. The van der Waals surface area contributed by atoms with Gasteiger partial charge in [-0.3, -0.25) is 0 Å². The molecule has 2 unspecified atom stereocenters. The summed E-state index contributed by atoms with van der Waals surface area (Å²) in [5.41, 5.74) is 6.09. The Morgan fingerprint density at radius 2 is 2.07 bits per heavy atom. The lowest BCUT2D eigenvalue weighted by atomic mass is 9.84. The van der Waals surface area contributed by atoms with Crippen molar-refractivity contribution in [3.05, 3.63) is 84.3 Å². The van der Waals surface area contributed by atoms with Gasteiger partial charge in [-0.1, -0.05) is 62.6 Å². The van der Waals surface area contributed by atoms with Gasteiger partial charge in [-0.2, -0.15) is 0 Å². The van der Waals surface area contributed by atoms with Gasteiger partial charge in [0.05, 0.1) is 0 Å². The van der Waals surface area contributed by atoms with Crippen molar-refractivity contribution >= 4 is 11.8 Å². The van der Waals surface area contributed by atoms with E-state index >= 15 is 0 Å². The number of piperidine rings is 3. The summed E-state index contributed by atoms with van der Waals surface area (Å²) >= 11 is 0. The van der Waals surface area contributed by atoms with E-state index in [-0.39, 0.29) is 0 Å². The van der Waals surface area contributed by atoms with Gasteiger partial charge in [-0.15, -0.1) is 0 Å². The summed E-state index contributed by atoms with van der Waals surface area (Å²) in [5, 5.41) is 3.75. The Morgan fingerprint density at radius 1 is 1.27 bits per heavy atom. The molecule has 2 atom stereocenters. The van der Waals surface area contributed by atoms with Crippen LogP contribution in [0, 0.1) is 5.92 Å². The smallest absolute Gasteiger partial charge is 0.0480 e. The standard InChI is InChI=1S/C27H35N3/c1-5-6-10-23(21(3)28-26-19-30-16-14-22(26)15-17-30)18-29(4)27-13-8-11-24-20(2)9-7-12-25(24)27/h5-8,10-13,18,20,22,26,28H,1,3,9,14-17,19H2,2,4H3/b10-6-,23-18+. The molecule has 30 heavy (non-hydrogen) atoms. The van der Waals surface area contributed by atoms with E-state index in [1.54, 1.807) is 0 Å². The Morgan fingerprint density at radius 3 is 2.77 bits per heavy atom. The summed E-state index contributed by atoms with van der Waals surface area (Å²) in [6.45, 7) is 14.2. The molecule has 3 aliphatic heterocycles. The maximum Gasteiger partial charge on any atom is 0.0480 e. The number of nitrogens with one attached hydrogen (secondary N) is 1. The number of allylic oxidation sites excluding steroid dienone is 4. The molecule has 4 aliphatic rings. The minimum Gasteiger partial charge on any atom is -0.381 e. The molecule has 1 aromatic rings. The third kappa shape index (κ3) is 4.32. The number of hydrogen-bond donors (Lipinski definition) is 1. The maximum atomic E-state index is 4.41. The highest BCUT2D eigenvalue weighted by Gasteiger charge is 2.34. The molecule has 3 heterocycles. The number of benzene rings is 1. The van der Waals surface area contributed by atoms with Gasteiger partial charge >= 0.3 is 0 Å². The summed E-state index contributed by atoms with van der Waals surface area (Å²) in [6, 6.07) is 7.14. The molecule has 1 aromatic carbocycles. The van der Waals surface area contributed by atoms with Crippen LogP contribution in [0.15, 0.2) is 73.1 Å². The van der Waals surface area contributed by atoms with Crippen molar-refractivity contribution in [1.29, 1.82) is 0 Å². The van der Waals surface area contributed by atoms with Crippen LogP contribution in [0.4, 0.5) is 5.69 Å². The number of rotatable bonds is 7. The SMILES string of the molecule is C=C/C=C\C(=C/N(C)c1cccc2c1C=CCC2C)C(=C)NC1CN2CCC1CC2.